The predicted octanol–water partition coefficient (Wildman–Crippen LogP) is 4.33. The summed E-state index contributed by atoms with van der Waals surface area (Å²) in [6, 6.07) is 17.7. The van der Waals surface area contributed by atoms with Crippen LogP contribution in [0.3, 0.4) is 0 Å². The molecule has 28 heavy (non-hydrogen) atoms. The van der Waals surface area contributed by atoms with Gasteiger partial charge in [0.2, 0.25) is 0 Å². The van der Waals surface area contributed by atoms with E-state index in [0.29, 0.717) is 22.9 Å². The van der Waals surface area contributed by atoms with Crippen molar-refractivity contribution in [1.29, 1.82) is 0 Å². The normalized spacial score (nSPS) is 11.1. The molecule has 142 valence electrons. The summed E-state index contributed by atoms with van der Waals surface area (Å²) in [7, 11) is 0. The molecule has 0 aliphatic rings. The SMILES string of the molecule is Cc1cccc(C(=O)N/C(=C\c2ccco2)C(=O)NCc2ccc(Cl)cc2)c1. The highest BCUT2D eigenvalue weighted by molar-refractivity contribution is 6.30. The van der Waals surface area contributed by atoms with Crippen molar-refractivity contribution in [2.45, 2.75) is 13.5 Å². The third kappa shape index (κ3) is 5.34. The van der Waals surface area contributed by atoms with Gasteiger partial charge in [-0.25, -0.2) is 0 Å². The molecule has 0 fully saturated rings. The van der Waals surface area contributed by atoms with E-state index in [0.717, 1.165) is 11.1 Å². The van der Waals surface area contributed by atoms with Gasteiger partial charge in [0.15, 0.2) is 0 Å². The van der Waals surface area contributed by atoms with Crippen LogP contribution in [0.25, 0.3) is 6.08 Å². The average Bonchev–Trinajstić information content (AvgIpc) is 3.20. The number of rotatable bonds is 6. The molecule has 6 heteroatoms. The lowest BCUT2D eigenvalue weighted by molar-refractivity contribution is -0.117. The summed E-state index contributed by atoms with van der Waals surface area (Å²) in [5.41, 5.74) is 2.41. The van der Waals surface area contributed by atoms with Gasteiger partial charge in [0.25, 0.3) is 11.8 Å². The Morgan fingerprint density at radius 2 is 1.86 bits per heavy atom. The lowest BCUT2D eigenvalue weighted by Gasteiger charge is -2.11. The second kappa shape index (κ2) is 9.06. The number of carbonyl (C=O) groups excluding carboxylic acids is 2. The first-order valence-corrected chi connectivity index (χ1v) is 9.05. The Morgan fingerprint density at radius 3 is 2.54 bits per heavy atom. The Kier molecular flexibility index (Phi) is 6.29. The van der Waals surface area contributed by atoms with Crippen LogP contribution in [0.5, 0.6) is 0 Å². The van der Waals surface area contributed by atoms with Crippen molar-refractivity contribution in [3.63, 3.8) is 0 Å². The Hall–Kier alpha value is -3.31. The van der Waals surface area contributed by atoms with E-state index in [9.17, 15) is 9.59 Å². The summed E-state index contributed by atoms with van der Waals surface area (Å²) in [6.45, 7) is 2.20. The smallest absolute Gasteiger partial charge is 0.268 e. The number of benzene rings is 2. The van der Waals surface area contributed by atoms with Gasteiger partial charge in [-0.15, -0.1) is 0 Å². The summed E-state index contributed by atoms with van der Waals surface area (Å²) >= 11 is 5.88. The third-order valence-electron chi connectivity index (χ3n) is 3.97. The molecule has 5 nitrogen and oxygen atoms in total. The molecule has 0 radical (unpaired) electrons. The van der Waals surface area contributed by atoms with Crippen LogP contribution in [0, 0.1) is 6.92 Å². The van der Waals surface area contributed by atoms with Crippen molar-refractivity contribution in [3.05, 3.63) is 100 Å². The number of hydrogen-bond acceptors (Lipinski definition) is 3. The molecule has 0 aliphatic carbocycles. The second-order valence-corrected chi connectivity index (χ2v) is 6.64. The van der Waals surface area contributed by atoms with Crippen LogP contribution in [-0.4, -0.2) is 11.8 Å². The van der Waals surface area contributed by atoms with Crippen molar-refractivity contribution in [1.82, 2.24) is 10.6 Å². The Bertz CT molecular complexity index is 993. The van der Waals surface area contributed by atoms with Gasteiger partial charge < -0.3 is 15.1 Å². The molecule has 0 saturated heterocycles. The van der Waals surface area contributed by atoms with Gasteiger partial charge in [0.05, 0.1) is 6.26 Å². The molecule has 2 aromatic carbocycles. The quantitative estimate of drug-likeness (QED) is 0.611. The highest BCUT2D eigenvalue weighted by Gasteiger charge is 2.15. The monoisotopic (exact) mass is 394 g/mol. The number of nitrogens with one attached hydrogen (secondary N) is 2. The molecule has 0 aliphatic heterocycles. The molecule has 0 unspecified atom stereocenters. The highest BCUT2D eigenvalue weighted by Crippen LogP contribution is 2.11. The number of amides is 2. The summed E-state index contributed by atoms with van der Waals surface area (Å²) in [4.78, 5) is 25.3. The lowest BCUT2D eigenvalue weighted by Crippen LogP contribution is -2.34. The molecule has 3 rings (SSSR count). The maximum atomic E-state index is 12.7. The molecule has 1 aromatic heterocycles. The number of halogens is 1. The first-order valence-electron chi connectivity index (χ1n) is 8.67. The molecule has 3 aromatic rings. The predicted molar refractivity (Wildman–Crippen MR) is 109 cm³/mol. The van der Waals surface area contributed by atoms with Gasteiger partial charge in [0, 0.05) is 23.2 Å². The molecule has 1 heterocycles. The van der Waals surface area contributed by atoms with Gasteiger partial charge in [-0.2, -0.15) is 0 Å². The summed E-state index contributed by atoms with van der Waals surface area (Å²) in [5.74, 6) is -0.336. The van der Waals surface area contributed by atoms with Gasteiger partial charge in [-0.3, -0.25) is 9.59 Å². The van der Waals surface area contributed by atoms with E-state index in [4.69, 9.17) is 16.0 Å². The molecule has 0 spiro atoms. The number of carbonyl (C=O) groups is 2. The van der Waals surface area contributed by atoms with Crippen LogP contribution in [0.1, 0.15) is 27.2 Å². The average molecular weight is 395 g/mol. The van der Waals surface area contributed by atoms with Crippen LogP contribution < -0.4 is 10.6 Å². The second-order valence-electron chi connectivity index (χ2n) is 6.21. The Morgan fingerprint density at radius 1 is 1.07 bits per heavy atom. The molecule has 0 atom stereocenters. The van der Waals surface area contributed by atoms with Crippen molar-refractivity contribution >= 4 is 29.5 Å². The van der Waals surface area contributed by atoms with E-state index < -0.39 is 5.91 Å². The molecule has 0 bridgehead atoms. The highest BCUT2D eigenvalue weighted by atomic mass is 35.5. The van der Waals surface area contributed by atoms with Crippen molar-refractivity contribution in [3.8, 4) is 0 Å². The van der Waals surface area contributed by atoms with Gasteiger partial charge in [0.1, 0.15) is 11.5 Å². The maximum Gasteiger partial charge on any atom is 0.268 e. The molecule has 2 amide bonds. The van der Waals surface area contributed by atoms with Crippen molar-refractivity contribution in [2.75, 3.05) is 0 Å². The van der Waals surface area contributed by atoms with Crippen LogP contribution in [0.4, 0.5) is 0 Å². The largest absolute Gasteiger partial charge is 0.465 e. The van der Waals surface area contributed by atoms with E-state index >= 15 is 0 Å². The molecular weight excluding hydrogens is 376 g/mol. The zero-order chi connectivity index (χ0) is 19.9. The molecular formula is C22H19ClN2O3. The maximum absolute atomic E-state index is 12.7. The zero-order valence-corrected chi connectivity index (χ0v) is 16.0. The molecule has 2 N–H and O–H groups in total. The van der Waals surface area contributed by atoms with Crippen LogP contribution in [-0.2, 0) is 11.3 Å². The van der Waals surface area contributed by atoms with Crippen LogP contribution >= 0.6 is 11.6 Å². The third-order valence-corrected chi connectivity index (χ3v) is 4.22. The number of furan rings is 1. The van der Waals surface area contributed by atoms with Crippen LogP contribution in [0.2, 0.25) is 5.02 Å². The van der Waals surface area contributed by atoms with E-state index in [2.05, 4.69) is 10.6 Å². The minimum absolute atomic E-state index is 0.0930. The minimum atomic E-state index is -0.424. The van der Waals surface area contributed by atoms with Gasteiger partial charge in [-0.1, -0.05) is 41.4 Å². The fourth-order valence-corrected chi connectivity index (χ4v) is 2.66. The Labute approximate surface area is 168 Å². The Balaban J connectivity index is 1.75. The number of hydrogen-bond donors (Lipinski definition) is 2. The number of aryl methyl sites for hydroxylation is 1. The summed E-state index contributed by atoms with van der Waals surface area (Å²) in [6.07, 6.45) is 2.99. The topological polar surface area (TPSA) is 71.3 Å². The van der Waals surface area contributed by atoms with Gasteiger partial charge in [-0.05, 0) is 48.9 Å². The van der Waals surface area contributed by atoms with Crippen LogP contribution in [0.15, 0.2) is 77.0 Å². The fraction of sp³-hybridized carbons (Fsp3) is 0.0909. The van der Waals surface area contributed by atoms with E-state index in [1.54, 1.807) is 42.5 Å². The molecule has 0 saturated carbocycles. The summed E-state index contributed by atoms with van der Waals surface area (Å²) in [5, 5.41) is 6.09. The summed E-state index contributed by atoms with van der Waals surface area (Å²) < 4.78 is 5.27. The van der Waals surface area contributed by atoms with Crippen molar-refractivity contribution < 1.29 is 14.0 Å². The van der Waals surface area contributed by atoms with E-state index in [-0.39, 0.29) is 11.6 Å². The lowest BCUT2D eigenvalue weighted by atomic mass is 10.1. The first-order chi connectivity index (χ1) is 13.5. The van der Waals surface area contributed by atoms with E-state index in [1.165, 1.54) is 12.3 Å². The first kappa shape index (κ1) is 19.5. The minimum Gasteiger partial charge on any atom is -0.465 e. The van der Waals surface area contributed by atoms with E-state index in [1.807, 2.05) is 25.1 Å². The zero-order valence-electron chi connectivity index (χ0n) is 15.2. The van der Waals surface area contributed by atoms with Crippen molar-refractivity contribution in [2.24, 2.45) is 0 Å². The van der Waals surface area contributed by atoms with Gasteiger partial charge >= 0.3 is 0 Å². The fourth-order valence-electron chi connectivity index (χ4n) is 2.53. The standard InChI is InChI=1S/C22H19ClN2O3/c1-15-4-2-5-17(12-15)21(26)25-20(13-19-6-3-11-28-19)22(27)24-14-16-7-9-18(23)10-8-16/h2-13H,14H2,1H3,(H,24,27)(H,25,26)/b20-13-.